The maximum absolute atomic E-state index is 12.4. The molecule has 1 heterocycles. The summed E-state index contributed by atoms with van der Waals surface area (Å²) >= 11 is 6.16. The molecule has 1 amide bonds. The number of aromatic nitrogens is 2. The third kappa shape index (κ3) is 4.39. The third-order valence-electron chi connectivity index (χ3n) is 5.59. The summed E-state index contributed by atoms with van der Waals surface area (Å²) in [6.07, 6.45) is 6.38. The topological polar surface area (TPSA) is 46.9 Å². The van der Waals surface area contributed by atoms with Crippen molar-refractivity contribution in [2.24, 2.45) is 5.92 Å². The lowest BCUT2D eigenvalue weighted by Crippen LogP contribution is -2.33. The van der Waals surface area contributed by atoms with Crippen molar-refractivity contribution in [1.29, 1.82) is 0 Å². The zero-order valence-corrected chi connectivity index (χ0v) is 16.8. The van der Waals surface area contributed by atoms with Gasteiger partial charge >= 0.3 is 0 Å². The van der Waals surface area contributed by atoms with Gasteiger partial charge in [-0.15, -0.1) is 0 Å². The smallest absolute Gasteiger partial charge is 0.223 e. The Balaban J connectivity index is 1.49. The van der Waals surface area contributed by atoms with Crippen LogP contribution in [0.5, 0.6) is 0 Å². The number of nitrogens with zero attached hydrogens (tertiary/aromatic N) is 2. The second kappa shape index (κ2) is 8.78. The fourth-order valence-corrected chi connectivity index (χ4v) is 4.33. The number of hydrogen-bond donors (Lipinski definition) is 1. The minimum absolute atomic E-state index is 0.194. The fourth-order valence-electron chi connectivity index (χ4n) is 4.12. The Morgan fingerprint density at radius 1 is 1.11 bits per heavy atom. The molecular formula is C23H26ClN3O. The lowest BCUT2D eigenvalue weighted by atomic mass is 9.89. The molecule has 1 saturated carbocycles. The predicted molar refractivity (Wildman–Crippen MR) is 114 cm³/mol. The van der Waals surface area contributed by atoms with Gasteiger partial charge in [-0.1, -0.05) is 55.1 Å². The van der Waals surface area contributed by atoms with E-state index < -0.39 is 0 Å². The van der Waals surface area contributed by atoms with Gasteiger partial charge in [-0.25, -0.2) is 4.98 Å². The van der Waals surface area contributed by atoms with Crippen molar-refractivity contribution < 1.29 is 4.79 Å². The molecule has 1 aliphatic rings. The molecule has 2 aromatic carbocycles. The van der Waals surface area contributed by atoms with Crippen LogP contribution in [-0.4, -0.2) is 22.0 Å². The lowest BCUT2D eigenvalue weighted by Gasteiger charge is -2.20. The molecule has 28 heavy (non-hydrogen) atoms. The summed E-state index contributed by atoms with van der Waals surface area (Å²) in [6, 6.07) is 16.1. The Labute approximate surface area is 170 Å². The van der Waals surface area contributed by atoms with Crippen molar-refractivity contribution in [3.63, 3.8) is 0 Å². The minimum atomic E-state index is 0.194. The highest BCUT2D eigenvalue weighted by Gasteiger charge is 2.20. The second-order valence-corrected chi connectivity index (χ2v) is 8.05. The zero-order valence-electron chi connectivity index (χ0n) is 16.0. The molecule has 5 heteroatoms. The van der Waals surface area contributed by atoms with Crippen LogP contribution in [0.4, 0.5) is 0 Å². The standard InChI is InChI=1S/C23H26ClN3O/c24-19-10-6-7-17(15-19)16-27-21-12-5-4-11-20(21)26-22(27)13-14-25-23(28)18-8-2-1-3-9-18/h4-7,10-12,15,18H,1-3,8-9,13-14,16H2,(H,25,28). The summed E-state index contributed by atoms with van der Waals surface area (Å²) in [7, 11) is 0. The van der Waals surface area contributed by atoms with Crippen LogP contribution in [0.3, 0.4) is 0 Å². The summed E-state index contributed by atoms with van der Waals surface area (Å²) in [5.41, 5.74) is 3.23. The van der Waals surface area contributed by atoms with Crippen molar-refractivity contribution >= 4 is 28.5 Å². The zero-order chi connectivity index (χ0) is 19.3. The number of para-hydroxylation sites is 2. The second-order valence-electron chi connectivity index (χ2n) is 7.61. The van der Waals surface area contributed by atoms with Crippen molar-refractivity contribution in [3.05, 3.63) is 64.9 Å². The molecule has 1 N–H and O–H groups in total. The molecule has 0 saturated heterocycles. The van der Waals surface area contributed by atoms with Gasteiger partial charge in [0.1, 0.15) is 5.82 Å². The molecule has 0 atom stereocenters. The molecule has 0 radical (unpaired) electrons. The van der Waals surface area contributed by atoms with E-state index >= 15 is 0 Å². The molecule has 0 bridgehead atoms. The van der Waals surface area contributed by atoms with Crippen LogP contribution in [0, 0.1) is 5.92 Å². The van der Waals surface area contributed by atoms with E-state index in [-0.39, 0.29) is 11.8 Å². The quantitative estimate of drug-likeness (QED) is 0.640. The molecule has 4 rings (SSSR count). The number of amides is 1. The molecule has 0 aliphatic heterocycles. The Morgan fingerprint density at radius 3 is 2.75 bits per heavy atom. The van der Waals surface area contributed by atoms with E-state index in [1.807, 2.05) is 36.4 Å². The largest absolute Gasteiger partial charge is 0.355 e. The monoisotopic (exact) mass is 395 g/mol. The number of carbonyl (C=O) groups excluding carboxylic acids is 1. The molecule has 0 unspecified atom stereocenters. The van der Waals surface area contributed by atoms with Crippen molar-refractivity contribution in [1.82, 2.24) is 14.9 Å². The van der Waals surface area contributed by atoms with Gasteiger partial charge in [0.2, 0.25) is 5.91 Å². The highest BCUT2D eigenvalue weighted by atomic mass is 35.5. The van der Waals surface area contributed by atoms with Crippen LogP contribution in [0.25, 0.3) is 11.0 Å². The maximum Gasteiger partial charge on any atom is 0.223 e. The predicted octanol–water partition coefficient (Wildman–Crippen LogP) is 4.98. The van der Waals surface area contributed by atoms with Crippen LogP contribution < -0.4 is 5.32 Å². The van der Waals surface area contributed by atoms with Gasteiger partial charge in [0, 0.05) is 30.5 Å². The number of nitrogens with one attached hydrogen (secondary N) is 1. The summed E-state index contributed by atoms with van der Waals surface area (Å²) in [4.78, 5) is 17.2. The summed E-state index contributed by atoms with van der Waals surface area (Å²) in [5, 5.41) is 3.87. The average molecular weight is 396 g/mol. The Kier molecular flexibility index (Phi) is 5.96. The number of halogens is 1. The van der Waals surface area contributed by atoms with Crippen molar-refractivity contribution in [2.75, 3.05) is 6.54 Å². The molecule has 0 spiro atoms. The summed E-state index contributed by atoms with van der Waals surface area (Å²) in [6.45, 7) is 1.33. The first-order valence-electron chi connectivity index (χ1n) is 10.2. The van der Waals surface area contributed by atoms with Gasteiger partial charge in [0.15, 0.2) is 0 Å². The fraction of sp³-hybridized carbons (Fsp3) is 0.391. The summed E-state index contributed by atoms with van der Waals surface area (Å²) in [5.74, 6) is 1.39. The van der Waals surface area contributed by atoms with Gasteiger partial charge in [0.05, 0.1) is 11.0 Å². The lowest BCUT2D eigenvalue weighted by molar-refractivity contribution is -0.125. The molecule has 1 fully saturated rings. The van der Waals surface area contributed by atoms with E-state index in [0.717, 1.165) is 40.3 Å². The minimum Gasteiger partial charge on any atom is -0.355 e. The SMILES string of the molecule is O=C(NCCc1nc2ccccc2n1Cc1cccc(Cl)c1)C1CCCCC1. The van der Waals surface area contributed by atoms with E-state index in [1.165, 1.54) is 19.3 Å². The average Bonchev–Trinajstić information content (AvgIpc) is 3.06. The van der Waals surface area contributed by atoms with E-state index in [2.05, 4.69) is 22.0 Å². The van der Waals surface area contributed by atoms with Crippen molar-refractivity contribution in [3.8, 4) is 0 Å². The van der Waals surface area contributed by atoms with E-state index in [1.54, 1.807) is 0 Å². The van der Waals surface area contributed by atoms with Crippen LogP contribution in [0.2, 0.25) is 5.02 Å². The molecule has 1 aromatic heterocycles. The van der Waals surface area contributed by atoms with Crippen molar-refractivity contribution in [2.45, 2.75) is 45.1 Å². The molecule has 146 valence electrons. The number of benzene rings is 2. The number of carbonyl (C=O) groups is 1. The molecule has 3 aromatic rings. The van der Waals surface area contributed by atoms with Crippen LogP contribution in [0.1, 0.15) is 43.5 Å². The van der Waals surface area contributed by atoms with E-state index in [0.29, 0.717) is 19.5 Å². The van der Waals surface area contributed by atoms with Gasteiger partial charge in [-0.05, 0) is 42.7 Å². The highest BCUT2D eigenvalue weighted by molar-refractivity contribution is 6.30. The van der Waals surface area contributed by atoms with Crippen LogP contribution >= 0.6 is 11.6 Å². The van der Waals surface area contributed by atoms with Crippen LogP contribution in [0.15, 0.2) is 48.5 Å². The van der Waals surface area contributed by atoms with Gasteiger partial charge < -0.3 is 9.88 Å². The highest BCUT2D eigenvalue weighted by Crippen LogP contribution is 2.24. The van der Waals surface area contributed by atoms with Gasteiger partial charge in [-0.2, -0.15) is 0 Å². The van der Waals surface area contributed by atoms with E-state index in [4.69, 9.17) is 16.6 Å². The first-order chi connectivity index (χ1) is 13.7. The number of hydrogen-bond acceptors (Lipinski definition) is 2. The van der Waals surface area contributed by atoms with E-state index in [9.17, 15) is 4.79 Å². The molecular weight excluding hydrogens is 370 g/mol. The maximum atomic E-state index is 12.4. The normalized spacial score (nSPS) is 15.0. The summed E-state index contributed by atoms with van der Waals surface area (Å²) < 4.78 is 2.23. The Morgan fingerprint density at radius 2 is 1.93 bits per heavy atom. The first-order valence-corrected chi connectivity index (χ1v) is 10.5. The number of rotatable bonds is 6. The molecule has 4 nitrogen and oxygen atoms in total. The number of imidazole rings is 1. The first kappa shape index (κ1) is 19.0. The Bertz CT molecular complexity index is 959. The third-order valence-corrected chi connectivity index (χ3v) is 5.82. The van der Waals surface area contributed by atoms with Gasteiger partial charge in [0.25, 0.3) is 0 Å². The Hall–Kier alpha value is -2.33. The van der Waals surface area contributed by atoms with Gasteiger partial charge in [-0.3, -0.25) is 4.79 Å². The molecule has 1 aliphatic carbocycles. The van der Waals surface area contributed by atoms with Crippen LogP contribution in [-0.2, 0) is 17.8 Å². The number of fused-ring (bicyclic) bond motifs is 1.